The second kappa shape index (κ2) is 78.6. The summed E-state index contributed by atoms with van der Waals surface area (Å²) in [7, 11) is 29.4. The topological polar surface area (TPSA) is 315 Å². The van der Waals surface area contributed by atoms with Crippen molar-refractivity contribution >= 4 is 18.0 Å². The Hall–Kier alpha value is -2.75. The predicted octanol–water partition coefficient (Wildman–Crippen LogP) is 4.00. The highest BCUT2D eigenvalue weighted by atomic mass is 16.6. The number of carbonyl (C=O) groups excluding carboxylic acids is 3. The van der Waals surface area contributed by atoms with Gasteiger partial charge < -0.3 is 134 Å². The molecule has 31 nitrogen and oxygen atoms in total. The lowest BCUT2D eigenvalue weighted by molar-refractivity contribution is -0.119. The van der Waals surface area contributed by atoms with E-state index < -0.39 is 18.2 Å². The summed E-state index contributed by atoms with van der Waals surface area (Å²) >= 11 is 0. The summed E-state index contributed by atoms with van der Waals surface area (Å²) in [4.78, 5) is 34.1. The zero-order valence-electron chi connectivity index (χ0n) is 62.2. The summed E-state index contributed by atoms with van der Waals surface area (Å²) in [6, 6.07) is -0.545. The Labute approximate surface area is 570 Å². The number of ketones is 1. The molecule has 0 aromatic carbocycles. The number of rotatable bonds is 62. The van der Waals surface area contributed by atoms with Crippen LogP contribution in [0.15, 0.2) is 0 Å². The molecule has 0 saturated heterocycles. The molecule has 95 heavy (non-hydrogen) atoms. The summed E-state index contributed by atoms with van der Waals surface area (Å²) in [6.07, 6.45) is 1.21. The molecule has 0 aromatic heterocycles. The Kier molecular flexibility index (Phi) is 83.5. The molecule has 9 unspecified atom stereocenters. The number of methoxy groups -OCH3 is 18. The molecule has 0 rings (SSSR count). The highest BCUT2D eigenvalue weighted by Crippen LogP contribution is 2.19. The second-order valence-electron chi connectivity index (χ2n) is 21.1. The van der Waals surface area contributed by atoms with Crippen LogP contribution in [0, 0.1) is 5.41 Å². The lowest BCUT2D eigenvalue weighted by atomic mass is 9.92. The fraction of sp³-hybridized carbons (Fsp3) is 0.953. The van der Waals surface area contributed by atoms with Crippen LogP contribution in [0.2, 0.25) is 0 Å². The van der Waals surface area contributed by atoms with Crippen molar-refractivity contribution < 1.29 is 138 Å². The van der Waals surface area contributed by atoms with Crippen LogP contribution < -0.4 is 10.6 Å². The fourth-order valence-corrected chi connectivity index (χ4v) is 7.51. The third-order valence-electron chi connectivity index (χ3n) is 12.9. The number of alkyl carbamates (subject to hydrolysis) is 2. The molecule has 0 heterocycles. The minimum atomic E-state index is -0.566. The zero-order valence-corrected chi connectivity index (χ0v) is 62.2. The van der Waals surface area contributed by atoms with Gasteiger partial charge in [0, 0.05) is 135 Å². The lowest BCUT2D eigenvalue weighted by Crippen LogP contribution is -2.40. The molecule has 2 amide bonds. The van der Waals surface area contributed by atoms with Crippen molar-refractivity contribution in [2.24, 2.45) is 5.41 Å². The van der Waals surface area contributed by atoms with Crippen LogP contribution in [0.1, 0.15) is 52.9 Å². The van der Waals surface area contributed by atoms with Crippen molar-refractivity contribution in [1.29, 1.82) is 0 Å². The van der Waals surface area contributed by atoms with Crippen molar-refractivity contribution in [3.63, 3.8) is 0 Å². The molecule has 0 aromatic rings. The van der Waals surface area contributed by atoms with Gasteiger partial charge in [0.2, 0.25) is 0 Å². The number of Topliss-reactive ketones (excluding diaryl/α,β-unsaturated/α-hetero) is 1. The number of amides is 2. The first kappa shape index (κ1) is 101. The maximum Gasteiger partial charge on any atom is 0.407 e. The molecule has 0 radical (unpaired) electrons. The van der Waals surface area contributed by atoms with Gasteiger partial charge in [0.15, 0.2) is 5.78 Å². The van der Waals surface area contributed by atoms with E-state index in [1.54, 1.807) is 128 Å². The second-order valence-corrected chi connectivity index (χ2v) is 21.1. The van der Waals surface area contributed by atoms with E-state index in [9.17, 15) is 14.4 Å². The Bertz CT molecular complexity index is 1470. The van der Waals surface area contributed by atoms with E-state index in [0.29, 0.717) is 184 Å². The first-order chi connectivity index (χ1) is 45.9. The van der Waals surface area contributed by atoms with E-state index in [4.69, 9.17) is 114 Å². The number of unbranched alkanes of at least 4 members (excludes halogenated alkanes) is 1. The summed E-state index contributed by atoms with van der Waals surface area (Å²) in [5.41, 5.74) is -0.188. The van der Waals surface area contributed by atoms with Crippen LogP contribution in [0.3, 0.4) is 0 Å². The van der Waals surface area contributed by atoms with Gasteiger partial charge in [-0.1, -0.05) is 13.8 Å². The maximum absolute atomic E-state index is 11.5. The van der Waals surface area contributed by atoms with Gasteiger partial charge in [0.25, 0.3) is 0 Å². The maximum atomic E-state index is 11.5. The average Bonchev–Trinajstić information content (AvgIpc) is 1.43. The smallest absolute Gasteiger partial charge is 0.407 e. The predicted molar refractivity (Wildman–Crippen MR) is 355 cm³/mol. The quantitative estimate of drug-likeness (QED) is 0.0813. The summed E-state index contributed by atoms with van der Waals surface area (Å²) in [6.45, 7) is 16.8. The first-order valence-corrected chi connectivity index (χ1v) is 31.9. The summed E-state index contributed by atoms with van der Waals surface area (Å²) < 4.78 is 136. The standard InChI is InChI=1S/C26H54O13.C15H28N2O5.C10H22O5.C9H20O4.C4H10O2/c1-27-9-21(29-3)11-35-13-23(31-5)15-37-17-25(33-7)19-39-20-26(34-8)18-38-16-24(32-6)14-36-12-22(30-4)10-28-2;1-4-10-21-14(19)16-9-7-6-8-13(12(3)18)17-15(20)22-11-5-2;1-11-5-9(13-3)7-15-8-10(14-4)6-12-2;1-10-5-9(6-11-2,7-12-3)8-13-4;1-5-3-4-6-2/h21-26H,9-20H2,1-8H3;13H,4-11H2,1-3H3,(H,16,19)(H,17,20);9-10H,5-8H2,1-4H3;5-8H2,1-4H3;3-4H2,1-2H3. The van der Waals surface area contributed by atoms with Gasteiger partial charge in [-0.3, -0.25) is 4.79 Å². The minimum absolute atomic E-state index is 0.0324. The SMILES string of the molecule is CCCOC(=O)NCCCCC(NC(=O)OCCC)C(C)=O.COCC(COC)(COC)COC.COCC(COCC(COC)OC)OC.COCC(COCC(COCC(COCC(COCC(COCC(COC)OC)OC)OC)OC)OC)OC.COCCOC. The molecule has 0 aliphatic carbocycles. The molecule has 0 saturated carbocycles. The molecular weight excluding hydrogens is 1260 g/mol. The monoisotopic (exact) mass is 1390 g/mol. The van der Waals surface area contributed by atoms with E-state index in [2.05, 4.69) is 20.1 Å². The van der Waals surface area contributed by atoms with Crippen molar-refractivity contribution in [3.05, 3.63) is 0 Å². The highest BCUT2D eigenvalue weighted by molar-refractivity contribution is 5.85. The molecule has 0 aliphatic heterocycles. The molecule has 0 fully saturated rings. The van der Waals surface area contributed by atoms with Crippen LogP contribution in [0.4, 0.5) is 9.59 Å². The lowest BCUT2D eigenvalue weighted by Gasteiger charge is -2.30. The van der Waals surface area contributed by atoms with Crippen LogP contribution in [0.25, 0.3) is 0 Å². The van der Waals surface area contributed by atoms with Crippen molar-refractivity contribution in [3.8, 4) is 0 Å². The zero-order chi connectivity index (χ0) is 72.4. The number of hydrogen-bond acceptors (Lipinski definition) is 29. The molecule has 0 bridgehead atoms. The number of nitrogens with one attached hydrogen (secondary N) is 2. The van der Waals surface area contributed by atoms with Crippen LogP contribution in [-0.4, -0.2) is 366 Å². The van der Waals surface area contributed by atoms with E-state index in [-0.39, 0.29) is 60.0 Å². The van der Waals surface area contributed by atoms with E-state index >= 15 is 0 Å². The molecule has 9 atom stereocenters. The third kappa shape index (κ3) is 66.9. The van der Waals surface area contributed by atoms with E-state index in [1.165, 1.54) is 6.92 Å². The van der Waals surface area contributed by atoms with E-state index in [1.807, 2.05) is 13.8 Å². The molecule has 0 aliphatic rings. The largest absolute Gasteiger partial charge is 0.450 e. The molecule has 31 heteroatoms. The Balaban J connectivity index is -0.000000403. The molecule has 0 spiro atoms. The molecule has 574 valence electrons. The van der Waals surface area contributed by atoms with Crippen molar-refractivity contribution in [1.82, 2.24) is 10.6 Å². The van der Waals surface area contributed by atoms with Gasteiger partial charge in [-0.05, 0) is 39.0 Å². The Morgan fingerprint density at radius 1 is 0.316 bits per heavy atom. The number of carbonyl (C=O) groups is 3. The van der Waals surface area contributed by atoms with Crippen LogP contribution >= 0.6 is 0 Å². The number of ether oxygens (including phenoxy) is 26. The van der Waals surface area contributed by atoms with Gasteiger partial charge in [0.1, 0.15) is 48.8 Å². The average molecular weight is 1400 g/mol. The van der Waals surface area contributed by atoms with Gasteiger partial charge in [-0.2, -0.15) is 0 Å². The third-order valence-corrected chi connectivity index (χ3v) is 12.9. The molecule has 2 N–H and O–H groups in total. The summed E-state index contributed by atoms with van der Waals surface area (Å²) in [5, 5.41) is 5.19. The number of hydrogen-bond donors (Lipinski definition) is 2. The molecular formula is C64H134N2O29. The highest BCUT2D eigenvalue weighted by Gasteiger charge is 2.31. The van der Waals surface area contributed by atoms with Gasteiger partial charge >= 0.3 is 12.2 Å². The van der Waals surface area contributed by atoms with Crippen molar-refractivity contribution in [2.45, 2.75) is 108 Å². The van der Waals surface area contributed by atoms with Crippen LogP contribution in [-0.2, 0) is 128 Å². The van der Waals surface area contributed by atoms with Gasteiger partial charge in [-0.15, -0.1) is 0 Å². The van der Waals surface area contributed by atoms with Gasteiger partial charge in [-0.25, -0.2) is 9.59 Å². The summed E-state index contributed by atoms with van der Waals surface area (Å²) in [5.74, 6) is -0.108. The Morgan fingerprint density at radius 3 is 0.779 bits per heavy atom. The normalized spacial score (nSPS) is 14.1. The minimum Gasteiger partial charge on any atom is -0.450 e. The van der Waals surface area contributed by atoms with Gasteiger partial charge in [0.05, 0.1) is 170 Å². The fourth-order valence-electron chi connectivity index (χ4n) is 7.51. The van der Waals surface area contributed by atoms with Crippen molar-refractivity contribution in [2.75, 3.05) is 293 Å². The van der Waals surface area contributed by atoms with Crippen LogP contribution in [0.5, 0.6) is 0 Å². The first-order valence-electron chi connectivity index (χ1n) is 31.9. The Morgan fingerprint density at radius 2 is 0.568 bits per heavy atom. The van der Waals surface area contributed by atoms with E-state index in [0.717, 1.165) is 12.8 Å².